The van der Waals surface area contributed by atoms with E-state index in [-0.39, 0.29) is 12.2 Å². The van der Waals surface area contributed by atoms with Crippen LogP contribution in [0.5, 0.6) is 5.75 Å². The van der Waals surface area contributed by atoms with Gasteiger partial charge in [-0.3, -0.25) is 0 Å². The number of nitriles is 3. The number of allylic oxidation sites excluding steroid dienone is 4. The van der Waals surface area contributed by atoms with Gasteiger partial charge in [0.05, 0.1) is 6.61 Å². The van der Waals surface area contributed by atoms with Crippen molar-refractivity contribution in [3.63, 3.8) is 0 Å². The number of nitrogens with zero attached hydrogens (tertiary/aromatic N) is 4. The minimum Gasteiger partial charge on any atom is -0.493 e. The van der Waals surface area contributed by atoms with Crippen molar-refractivity contribution in [2.24, 2.45) is 0 Å². The zero-order chi connectivity index (χ0) is 37.1. The van der Waals surface area contributed by atoms with Crippen LogP contribution in [-0.4, -0.2) is 37.8 Å². The van der Waals surface area contributed by atoms with E-state index in [9.17, 15) is 34.1 Å². The fraction of sp³-hybridized carbons (Fsp3) is 0.325. The number of benzene rings is 2. The Morgan fingerprint density at radius 2 is 1.51 bits per heavy atom. The molecule has 3 aromatic rings. The number of unbranched alkanes of at least 4 members (excludes halogenated alkanes) is 3. The first-order chi connectivity index (χ1) is 24.7. The SMILES string of the molecule is CCCCN(CCCC)c1ccc(/C=C/c2ccc(/C=C/C(=C(\C#N)C(OC(F)(F)F)=C(C#N)C#N)c3ccccc3)s2)c(OCCCCO)c1. The Balaban J connectivity index is 1.99. The molecule has 1 aromatic heterocycles. The summed E-state index contributed by atoms with van der Waals surface area (Å²) in [6, 6.07) is 22.7. The number of halogens is 3. The third-order valence-electron chi connectivity index (χ3n) is 7.59. The summed E-state index contributed by atoms with van der Waals surface area (Å²) in [6.07, 6.45) is 7.54. The summed E-state index contributed by atoms with van der Waals surface area (Å²) in [5.74, 6) is -0.412. The molecule has 11 heteroatoms. The number of thiophene rings is 1. The van der Waals surface area contributed by atoms with Gasteiger partial charge >= 0.3 is 6.36 Å². The smallest absolute Gasteiger partial charge is 0.493 e. The van der Waals surface area contributed by atoms with Crippen LogP contribution in [-0.2, 0) is 4.74 Å². The van der Waals surface area contributed by atoms with Gasteiger partial charge in [0.2, 0.25) is 0 Å². The van der Waals surface area contributed by atoms with Crippen LogP contribution in [0, 0.1) is 34.0 Å². The Morgan fingerprint density at radius 1 is 0.843 bits per heavy atom. The Bertz CT molecular complexity index is 1800. The molecule has 0 aliphatic rings. The number of rotatable bonds is 19. The van der Waals surface area contributed by atoms with E-state index in [2.05, 4.69) is 35.6 Å². The predicted octanol–water partition coefficient (Wildman–Crippen LogP) is 10.3. The quantitative estimate of drug-likeness (QED) is 0.0569. The molecule has 0 amide bonds. The highest BCUT2D eigenvalue weighted by atomic mass is 32.1. The third kappa shape index (κ3) is 12.8. The molecule has 1 heterocycles. The molecule has 0 radical (unpaired) electrons. The lowest BCUT2D eigenvalue weighted by Gasteiger charge is -2.25. The molecular weight excluding hydrogens is 674 g/mol. The molecule has 51 heavy (non-hydrogen) atoms. The van der Waals surface area contributed by atoms with Crippen LogP contribution in [0.1, 0.15) is 73.3 Å². The van der Waals surface area contributed by atoms with E-state index in [1.807, 2.05) is 30.4 Å². The summed E-state index contributed by atoms with van der Waals surface area (Å²) in [4.78, 5) is 4.02. The lowest BCUT2D eigenvalue weighted by molar-refractivity contribution is -0.303. The largest absolute Gasteiger partial charge is 0.573 e. The van der Waals surface area contributed by atoms with Gasteiger partial charge in [0.25, 0.3) is 0 Å². The van der Waals surface area contributed by atoms with Gasteiger partial charge in [0.1, 0.15) is 29.5 Å². The van der Waals surface area contributed by atoms with Crippen LogP contribution < -0.4 is 9.64 Å². The topological polar surface area (TPSA) is 113 Å². The van der Waals surface area contributed by atoms with E-state index in [0.29, 0.717) is 18.6 Å². The van der Waals surface area contributed by atoms with Gasteiger partial charge in [0.15, 0.2) is 11.3 Å². The second kappa shape index (κ2) is 21.1. The predicted molar refractivity (Wildman–Crippen MR) is 197 cm³/mol. The molecule has 266 valence electrons. The minimum atomic E-state index is -5.25. The number of alkyl halides is 3. The van der Waals surface area contributed by atoms with E-state index in [0.717, 1.165) is 71.9 Å². The maximum absolute atomic E-state index is 13.4. The third-order valence-corrected chi connectivity index (χ3v) is 8.60. The van der Waals surface area contributed by atoms with Crippen LogP contribution in [0.4, 0.5) is 18.9 Å². The minimum absolute atomic E-state index is 0.0424. The average molecular weight is 715 g/mol. The van der Waals surface area contributed by atoms with Crippen molar-refractivity contribution < 1.29 is 27.8 Å². The monoisotopic (exact) mass is 714 g/mol. The van der Waals surface area contributed by atoms with Crippen LogP contribution in [0.3, 0.4) is 0 Å². The Morgan fingerprint density at radius 3 is 2.10 bits per heavy atom. The molecule has 0 aliphatic heterocycles. The van der Waals surface area contributed by atoms with Crippen molar-refractivity contribution in [3.8, 4) is 24.0 Å². The van der Waals surface area contributed by atoms with Crippen molar-refractivity contribution in [3.05, 3.63) is 105 Å². The summed E-state index contributed by atoms with van der Waals surface area (Å²) in [7, 11) is 0. The molecule has 0 saturated carbocycles. The Kier molecular flexibility index (Phi) is 16.6. The number of hydrogen-bond donors (Lipinski definition) is 1. The van der Waals surface area contributed by atoms with Gasteiger partial charge in [-0.2, -0.15) is 15.8 Å². The molecule has 2 aromatic carbocycles. The number of hydrogen-bond acceptors (Lipinski definition) is 8. The molecule has 0 fully saturated rings. The molecule has 0 aliphatic carbocycles. The Hall–Kier alpha value is -5.28. The molecule has 0 saturated heterocycles. The van der Waals surface area contributed by atoms with Crippen molar-refractivity contribution in [1.29, 1.82) is 15.8 Å². The summed E-state index contributed by atoms with van der Waals surface area (Å²) >= 11 is 1.41. The number of aliphatic hydroxyl groups excluding tert-OH is 1. The normalized spacial score (nSPS) is 11.8. The maximum atomic E-state index is 13.4. The van der Waals surface area contributed by atoms with E-state index in [1.165, 1.54) is 29.6 Å². The molecule has 0 bridgehead atoms. The molecule has 0 unspecified atom stereocenters. The molecule has 0 atom stereocenters. The number of anilines is 1. The number of aliphatic hydroxyl groups is 1. The first-order valence-electron chi connectivity index (χ1n) is 16.8. The van der Waals surface area contributed by atoms with E-state index < -0.39 is 23.3 Å². The van der Waals surface area contributed by atoms with Gasteiger partial charge < -0.3 is 19.5 Å². The lowest BCUT2D eigenvalue weighted by atomic mass is 9.97. The highest BCUT2D eigenvalue weighted by molar-refractivity contribution is 7.13. The van der Waals surface area contributed by atoms with Crippen molar-refractivity contribution in [2.45, 2.75) is 58.7 Å². The molecule has 3 rings (SSSR count). The second-order valence-corrected chi connectivity index (χ2v) is 12.5. The first kappa shape index (κ1) is 40.2. The summed E-state index contributed by atoms with van der Waals surface area (Å²) in [5, 5.41) is 37.9. The van der Waals surface area contributed by atoms with Gasteiger partial charge in [-0.15, -0.1) is 24.5 Å². The first-order valence-corrected chi connectivity index (χ1v) is 17.6. The van der Waals surface area contributed by atoms with Crippen molar-refractivity contribution >= 4 is 40.8 Å². The van der Waals surface area contributed by atoms with Crippen LogP contribution >= 0.6 is 11.3 Å². The molecule has 0 spiro atoms. The number of ether oxygens (including phenoxy) is 2. The van der Waals surface area contributed by atoms with Crippen molar-refractivity contribution in [2.75, 3.05) is 31.2 Å². The molecule has 1 N–H and O–H groups in total. The van der Waals surface area contributed by atoms with Crippen molar-refractivity contribution in [1.82, 2.24) is 0 Å². The second-order valence-electron chi connectivity index (χ2n) is 11.3. The van der Waals surface area contributed by atoms with Gasteiger partial charge in [-0.05, 0) is 73.7 Å². The van der Waals surface area contributed by atoms with E-state index in [1.54, 1.807) is 42.5 Å². The molecule has 7 nitrogen and oxygen atoms in total. The van der Waals surface area contributed by atoms with E-state index in [4.69, 9.17) is 4.74 Å². The summed E-state index contributed by atoms with van der Waals surface area (Å²) < 4.78 is 50.3. The maximum Gasteiger partial charge on any atom is 0.573 e. The summed E-state index contributed by atoms with van der Waals surface area (Å²) in [6.45, 7) is 6.86. The van der Waals surface area contributed by atoms with Crippen LogP contribution in [0.2, 0.25) is 0 Å². The van der Waals surface area contributed by atoms with Gasteiger partial charge in [-0.25, -0.2) is 0 Å². The zero-order valence-corrected chi connectivity index (χ0v) is 29.6. The van der Waals surface area contributed by atoms with E-state index >= 15 is 0 Å². The lowest BCUT2D eigenvalue weighted by Crippen LogP contribution is -2.25. The highest BCUT2D eigenvalue weighted by Gasteiger charge is 2.35. The highest BCUT2D eigenvalue weighted by Crippen LogP contribution is 2.34. The molecular formula is C40H41F3N4O3S. The van der Waals surface area contributed by atoms with Crippen LogP contribution in [0.25, 0.3) is 23.8 Å². The van der Waals surface area contributed by atoms with Gasteiger partial charge in [0, 0.05) is 52.3 Å². The summed E-state index contributed by atoms with van der Waals surface area (Å²) in [5.41, 5.74) is 0.835. The zero-order valence-electron chi connectivity index (χ0n) is 28.7. The fourth-order valence-corrected chi connectivity index (χ4v) is 5.79. The standard InChI is InChI=1S/C40H41F3N4O3S/c1-3-5-22-47(23-6-4-2)33-16-14-31(38(26-33)49-25-11-10-24-48)15-17-34-18-19-35(51-34)20-21-36(30-12-8-7-9-13-30)37(29-46)39(32(27-44)28-45)50-40(41,42)43/h7-9,12-21,26,48H,3-6,10-11,22-25H2,1-2H3/b17-15+,21-20+,37-36-. The average Bonchev–Trinajstić information content (AvgIpc) is 3.59. The van der Waals surface area contributed by atoms with Gasteiger partial charge in [-0.1, -0.05) is 63.1 Å². The fourth-order valence-electron chi connectivity index (χ4n) is 4.98. The Labute approximate surface area is 302 Å². The van der Waals surface area contributed by atoms with Crippen LogP contribution in [0.15, 0.2) is 83.6 Å².